The first-order valence-corrected chi connectivity index (χ1v) is 5.52. The third-order valence-electron chi connectivity index (χ3n) is 2.33. The van der Waals surface area contributed by atoms with Crippen LogP contribution in [0.25, 0.3) is 0 Å². The highest BCUT2D eigenvalue weighted by Gasteiger charge is 2.13. The molecule has 0 radical (unpaired) electrons. The van der Waals surface area contributed by atoms with Crippen LogP contribution in [0, 0.1) is 6.92 Å². The van der Waals surface area contributed by atoms with Gasteiger partial charge in [-0.1, -0.05) is 13.3 Å². The van der Waals surface area contributed by atoms with E-state index in [0.29, 0.717) is 5.56 Å². The smallest absolute Gasteiger partial charge is 0.409 e. The Morgan fingerprint density at radius 2 is 1.56 bits per heavy atom. The van der Waals surface area contributed by atoms with Gasteiger partial charge < -0.3 is 20.9 Å². The third-order valence-corrected chi connectivity index (χ3v) is 2.33. The molecule has 6 heteroatoms. The highest BCUT2D eigenvalue weighted by molar-refractivity contribution is 5.71. The number of benzene rings is 1. The fraction of sp³-hybridized carbons (Fsp3) is 0.333. The molecule has 0 saturated carbocycles. The van der Waals surface area contributed by atoms with Crippen LogP contribution in [-0.4, -0.2) is 12.2 Å². The normalized spacial score (nSPS) is 9.89. The summed E-state index contributed by atoms with van der Waals surface area (Å²) in [5.41, 5.74) is 11.3. The van der Waals surface area contributed by atoms with E-state index in [1.807, 2.05) is 6.92 Å². The summed E-state index contributed by atoms with van der Waals surface area (Å²) in [5, 5.41) is 0. The van der Waals surface area contributed by atoms with Gasteiger partial charge in [0.25, 0.3) is 0 Å². The van der Waals surface area contributed by atoms with Crippen LogP contribution in [0.2, 0.25) is 0 Å². The molecule has 1 aromatic rings. The predicted molar refractivity (Wildman–Crippen MR) is 65.6 cm³/mol. The molecule has 0 aliphatic heterocycles. The lowest BCUT2D eigenvalue weighted by Crippen LogP contribution is -2.19. The number of primary amides is 2. The van der Waals surface area contributed by atoms with Gasteiger partial charge in [-0.15, -0.1) is 0 Å². The van der Waals surface area contributed by atoms with Gasteiger partial charge in [0.2, 0.25) is 0 Å². The Kier molecular flexibility index (Phi) is 4.53. The van der Waals surface area contributed by atoms with Crippen LogP contribution in [-0.2, 0) is 6.42 Å². The molecule has 0 fully saturated rings. The number of hydrogen-bond donors (Lipinski definition) is 2. The Hall–Kier alpha value is -2.24. The minimum absolute atomic E-state index is 0.268. The average molecular weight is 252 g/mol. The summed E-state index contributed by atoms with van der Waals surface area (Å²) in [4.78, 5) is 21.6. The molecule has 2 amide bonds. The molecule has 0 heterocycles. The second kappa shape index (κ2) is 5.90. The highest BCUT2D eigenvalue weighted by Crippen LogP contribution is 2.30. The van der Waals surface area contributed by atoms with E-state index in [0.717, 1.165) is 18.4 Å². The van der Waals surface area contributed by atoms with Crippen molar-refractivity contribution in [1.29, 1.82) is 0 Å². The predicted octanol–water partition coefficient (Wildman–Crippen LogP) is 1.86. The number of carbonyl (C=O) groups is 2. The minimum Gasteiger partial charge on any atom is -0.410 e. The van der Waals surface area contributed by atoms with Crippen molar-refractivity contribution in [3.63, 3.8) is 0 Å². The maximum absolute atomic E-state index is 10.8. The van der Waals surface area contributed by atoms with Crippen LogP contribution in [0.4, 0.5) is 9.59 Å². The van der Waals surface area contributed by atoms with Crippen LogP contribution in [0.15, 0.2) is 12.1 Å². The van der Waals surface area contributed by atoms with E-state index < -0.39 is 12.2 Å². The lowest BCUT2D eigenvalue weighted by molar-refractivity contribution is 0.208. The summed E-state index contributed by atoms with van der Waals surface area (Å²) >= 11 is 0. The second-order valence-corrected chi connectivity index (χ2v) is 3.81. The molecule has 0 saturated heterocycles. The molecule has 0 aliphatic rings. The highest BCUT2D eigenvalue weighted by atomic mass is 16.6. The van der Waals surface area contributed by atoms with Gasteiger partial charge in [-0.2, -0.15) is 0 Å². The second-order valence-electron chi connectivity index (χ2n) is 3.81. The van der Waals surface area contributed by atoms with E-state index in [1.54, 1.807) is 19.1 Å². The quantitative estimate of drug-likeness (QED) is 0.853. The molecule has 1 aromatic carbocycles. The van der Waals surface area contributed by atoms with Crippen molar-refractivity contribution in [1.82, 2.24) is 0 Å². The number of ether oxygens (including phenoxy) is 2. The molecule has 0 spiro atoms. The zero-order valence-corrected chi connectivity index (χ0v) is 10.4. The lowest BCUT2D eigenvalue weighted by Gasteiger charge is -2.12. The van der Waals surface area contributed by atoms with Gasteiger partial charge in [-0.3, -0.25) is 0 Å². The van der Waals surface area contributed by atoms with Gasteiger partial charge in [0.05, 0.1) is 0 Å². The topological polar surface area (TPSA) is 105 Å². The van der Waals surface area contributed by atoms with Crippen LogP contribution >= 0.6 is 0 Å². The summed E-state index contributed by atoms with van der Waals surface area (Å²) in [6.07, 6.45) is -0.187. The fourth-order valence-electron chi connectivity index (χ4n) is 1.58. The molecule has 18 heavy (non-hydrogen) atoms. The first-order valence-electron chi connectivity index (χ1n) is 5.52. The first kappa shape index (κ1) is 13.8. The third kappa shape index (κ3) is 3.65. The van der Waals surface area contributed by atoms with Crippen LogP contribution in [0.1, 0.15) is 24.5 Å². The molecule has 0 aliphatic carbocycles. The van der Waals surface area contributed by atoms with Crippen molar-refractivity contribution in [2.75, 3.05) is 0 Å². The molecule has 98 valence electrons. The number of rotatable bonds is 4. The molecule has 1 rings (SSSR count). The SMILES string of the molecule is CCCc1cc(OC(N)=O)c(C)c(OC(N)=O)c1. The van der Waals surface area contributed by atoms with Crippen molar-refractivity contribution < 1.29 is 19.1 Å². The molecule has 0 aromatic heterocycles. The number of aryl methyl sites for hydroxylation is 1. The summed E-state index contributed by atoms with van der Waals surface area (Å²) in [6.45, 7) is 3.65. The molecular weight excluding hydrogens is 236 g/mol. The van der Waals surface area contributed by atoms with Gasteiger partial charge in [-0.05, 0) is 31.0 Å². The van der Waals surface area contributed by atoms with Crippen LogP contribution < -0.4 is 20.9 Å². The Bertz CT molecular complexity index is 434. The standard InChI is InChI=1S/C12H16N2O4/c1-3-4-8-5-9(17-11(13)15)7(2)10(6-8)18-12(14)16/h5-6H,3-4H2,1-2H3,(H2,13,15)(H2,14,16). The van der Waals surface area contributed by atoms with E-state index in [4.69, 9.17) is 20.9 Å². The molecule has 0 atom stereocenters. The Morgan fingerprint density at radius 3 is 1.89 bits per heavy atom. The van der Waals surface area contributed by atoms with E-state index in [1.165, 1.54) is 0 Å². The van der Waals surface area contributed by atoms with E-state index in [2.05, 4.69) is 0 Å². The van der Waals surface area contributed by atoms with Crippen LogP contribution in [0.3, 0.4) is 0 Å². The van der Waals surface area contributed by atoms with Crippen molar-refractivity contribution in [3.05, 3.63) is 23.3 Å². The number of nitrogens with two attached hydrogens (primary N) is 2. The summed E-state index contributed by atoms with van der Waals surface area (Å²) < 4.78 is 9.72. The zero-order chi connectivity index (χ0) is 13.7. The number of hydrogen-bond acceptors (Lipinski definition) is 4. The minimum atomic E-state index is -0.920. The summed E-state index contributed by atoms with van der Waals surface area (Å²) in [5.74, 6) is 0.536. The molecule has 4 N–H and O–H groups in total. The number of carbonyl (C=O) groups excluding carboxylic acids is 2. The van der Waals surface area contributed by atoms with Gasteiger partial charge in [-0.25, -0.2) is 9.59 Å². The number of amides is 2. The van der Waals surface area contributed by atoms with Crippen molar-refractivity contribution >= 4 is 12.2 Å². The lowest BCUT2D eigenvalue weighted by atomic mass is 10.1. The van der Waals surface area contributed by atoms with Gasteiger partial charge in [0, 0.05) is 5.56 Å². The first-order chi connectivity index (χ1) is 8.43. The maximum atomic E-state index is 10.8. The van der Waals surface area contributed by atoms with Crippen molar-refractivity contribution in [2.45, 2.75) is 26.7 Å². The maximum Gasteiger partial charge on any atom is 0.409 e. The van der Waals surface area contributed by atoms with E-state index >= 15 is 0 Å². The fourth-order valence-corrected chi connectivity index (χ4v) is 1.58. The summed E-state index contributed by atoms with van der Waals surface area (Å²) in [6, 6.07) is 3.38. The Balaban J connectivity index is 3.18. The largest absolute Gasteiger partial charge is 0.410 e. The average Bonchev–Trinajstić information content (AvgIpc) is 2.23. The molecule has 0 unspecified atom stereocenters. The van der Waals surface area contributed by atoms with Crippen LogP contribution in [0.5, 0.6) is 11.5 Å². The van der Waals surface area contributed by atoms with Gasteiger partial charge >= 0.3 is 12.2 Å². The zero-order valence-electron chi connectivity index (χ0n) is 10.4. The monoisotopic (exact) mass is 252 g/mol. The van der Waals surface area contributed by atoms with E-state index in [-0.39, 0.29) is 11.5 Å². The van der Waals surface area contributed by atoms with E-state index in [9.17, 15) is 9.59 Å². The molecule has 6 nitrogen and oxygen atoms in total. The van der Waals surface area contributed by atoms with Gasteiger partial charge in [0.1, 0.15) is 11.5 Å². The van der Waals surface area contributed by atoms with Crippen molar-refractivity contribution in [2.24, 2.45) is 11.5 Å². The van der Waals surface area contributed by atoms with Gasteiger partial charge in [0.15, 0.2) is 0 Å². The molecule has 0 bridgehead atoms. The Morgan fingerprint density at radius 1 is 1.11 bits per heavy atom. The van der Waals surface area contributed by atoms with Crippen molar-refractivity contribution in [3.8, 4) is 11.5 Å². The molecular formula is C12H16N2O4. The Labute approximate surface area is 105 Å². The summed E-state index contributed by atoms with van der Waals surface area (Å²) in [7, 11) is 0.